The Hall–Kier alpha value is -1.84. The van der Waals surface area contributed by atoms with E-state index in [4.69, 9.17) is 5.11 Å². The minimum atomic E-state index is -0.801. The molecule has 2 atom stereocenters. The predicted molar refractivity (Wildman–Crippen MR) is 71.8 cm³/mol. The second kappa shape index (κ2) is 5.87. The van der Waals surface area contributed by atoms with Crippen LogP contribution < -0.4 is 0 Å². The van der Waals surface area contributed by atoms with Crippen molar-refractivity contribution in [2.24, 2.45) is 5.92 Å². The van der Waals surface area contributed by atoms with Crippen molar-refractivity contribution in [3.63, 3.8) is 0 Å². The van der Waals surface area contributed by atoms with Gasteiger partial charge in [0.1, 0.15) is 0 Å². The third-order valence-corrected chi connectivity index (χ3v) is 3.75. The minimum absolute atomic E-state index is 0.0251. The fourth-order valence-corrected chi connectivity index (χ4v) is 2.54. The maximum absolute atomic E-state index is 12.4. The number of carbonyl (C=O) groups is 2. The maximum atomic E-state index is 12.4. The first-order chi connectivity index (χ1) is 9.09. The van der Waals surface area contributed by atoms with Gasteiger partial charge in [0, 0.05) is 13.1 Å². The number of carboxylic acids is 1. The van der Waals surface area contributed by atoms with Gasteiger partial charge >= 0.3 is 5.97 Å². The van der Waals surface area contributed by atoms with Crippen LogP contribution in [0.5, 0.6) is 0 Å². The lowest BCUT2D eigenvalue weighted by Gasteiger charge is -2.32. The van der Waals surface area contributed by atoms with E-state index in [0.29, 0.717) is 19.5 Å². The molecule has 1 aliphatic heterocycles. The summed E-state index contributed by atoms with van der Waals surface area (Å²) < 4.78 is 0. The second-order valence-electron chi connectivity index (χ2n) is 5.09. The highest BCUT2D eigenvalue weighted by molar-refractivity contribution is 5.84. The van der Waals surface area contributed by atoms with E-state index < -0.39 is 11.9 Å². The largest absolute Gasteiger partial charge is 0.481 e. The summed E-state index contributed by atoms with van der Waals surface area (Å²) in [7, 11) is 0. The first-order valence-corrected chi connectivity index (χ1v) is 6.66. The van der Waals surface area contributed by atoms with Crippen LogP contribution in [0.1, 0.15) is 31.2 Å². The Kier molecular flexibility index (Phi) is 4.20. The molecule has 1 N–H and O–H groups in total. The molecule has 0 aliphatic carbocycles. The molecule has 1 saturated heterocycles. The van der Waals surface area contributed by atoms with Crippen molar-refractivity contribution in [1.82, 2.24) is 4.90 Å². The molecule has 4 heteroatoms. The van der Waals surface area contributed by atoms with Crippen molar-refractivity contribution in [2.75, 3.05) is 13.1 Å². The highest BCUT2D eigenvalue weighted by Crippen LogP contribution is 2.22. The summed E-state index contributed by atoms with van der Waals surface area (Å²) in [6, 6.07) is 9.61. The third-order valence-electron chi connectivity index (χ3n) is 3.75. The smallest absolute Gasteiger partial charge is 0.308 e. The number of hydrogen-bond donors (Lipinski definition) is 1. The summed E-state index contributed by atoms with van der Waals surface area (Å²) in [5.74, 6) is -1.41. The number of benzene rings is 1. The van der Waals surface area contributed by atoms with Crippen LogP contribution in [0.15, 0.2) is 30.3 Å². The zero-order chi connectivity index (χ0) is 13.8. The maximum Gasteiger partial charge on any atom is 0.308 e. The molecule has 1 aromatic carbocycles. The Morgan fingerprint density at radius 1 is 1.32 bits per heavy atom. The molecule has 2 rings (SSSR count). The van der Waals surface area contributed by atoms with Crippen LogP contribution in [-0.2, 0) is 9.59 Å². The van der Waals surface area contributed by atoms with E-state index in [0.717, 1.165) is 12.0 Å². The van der Waals surface area contributed by atoms with Gasteiger partial charge < -0.3 is 10.0 Å². The van der Waals surface area contributed by atoms with E-state index in [1.54, 1.807) is 4.90 Å². The summed E-state index contributed by atoms with van der Waals surface area (Å²) in [5.41, 5.74) is 0.977. The van der Waals surface area contributed by atoms with E-state index in [1.165, 1.54) is 0 Å². The SMILES string of the molecule is CC(C(=O)N1CCC[C@@H](C(=O)O)C1)c1ccccc1. The van der Waals surface area contributed by atoms with Gasteiger partial charge in [-0.2, -0.15) is 0 Å². The zero-order valence-corrected chi connectivity index (χ0v) is 11.1. The van der Waals surface area contributed by atoms with Crippen molar-refractivity contribution in [3.8, 4) is 0 Å². The predicted octanol–water partition coefficient (Wildman–Crippen LogP) is 2.11. The molecule has 0 saturated carbocycles. The van der Waals surface area contributed by atoms with Crippen LogP contribution >= 0.6 is 0 Å². The lowest BCUT2D eigenvalue weighted by Crippen LogP contribution is -2.43. The number of rotatable bonds is 3. The van der Waals surface area contributed by atoms with Crippen LogP contribution in [0.25, 0.3) is 0 Å². The number of aliphatic carboxylic acids is 1. The molecule has 19 heavy (non-hydrogen) atoms. The zero-order valence-electron chi connectivity index (χ0n) is 11.1. The van der Waals surface area contributed by atoms with E-state index in [-0.39, 0.29) is 11.8 Å². The molecule has 1 heterocycles. The average Bonchev–Trinajstić information content (AvgIpc) is 2.46. The monoisotopic (exact) mass is 261 g/mol. The molecular weight excluding hydrogens is 242 g/mol. The molecule has 1 amide bonds. The Bertz CT molecular complexity index is 458. The number of amides is 1. The fraction of sp³-hybridized carbons (Fsp3) is 0.467. The van der Waals surface area contributed by atoms with Gasteiger partial charge in [-0.1, -0.05) is 30.3 Å². The first kappa shape index (κ1) is 13.6. The molecule has 0 aromatic heterocycles. The van der Waals surface area contributed by atoms with Gasteiger partial charge in [-0.05, 0) is 25.3 Å². The Labute approximate surface area is 113 Å². The van der Waals surface area contributed by atoms with Gasteiger partial charge in [-0.3, -0.25) is 9.59 Å². The Morgan fingerprint density at radius 3 is 2.63 bits per heavy atom. The van der Waals surface area contributed by atoms with E-state index in [2.05, 4.69) is 0 Å². The normalized spacial score (nSPS) is 20.9. The molecule has 1 fully saturated rings. The Balaban J connectivity index is 2.05. The highest BCUT2D eigenvalue weighted by Gasteiger charge is 2.30. The number of carbonyl (C=O) groups excluding carboxylic acids is 1. The molecule has 1 aliphatic rings. The summed E-state index contributed by atoms with van der Waals surface area (Å²) in [6.07, 6.45) is 1.43. The molecule has 0 radical (unpaired) electrons. The molecule has 1 unspecified atom stereocenters. The average molecular weight is 261 g/mol. The first-order valence-electron chi connectivity index (χ1n) is 6.66. The molecular formula is C15H19NO3. The van der Waals surface area contributed by atoms with Gasteiger partial charge in [0.05, 0.1) is 11.8 Å². The van der Waals surface area contributed by atoms with Crippen molar-refractivity contribution in [2.45, 2.75) is 25.7 Å². The standard InChI is InChI=1S/C15H19NO3/c1-11(12-6-3-2-4-7-12)14(17)16-9-5-8-13(10-16)15(18)19/h2-4,6-7,11,13H,5,8-10H2,1H3,(H,18,19)/t11?,13-/m1/s1. The molecule has 1 aromatic rings. The number of carboxylic acid groups (broad SMARTS) is 1. The fourth-order valence-electron chi connectivity index (χ4n) is 2.54. The van der Waals surface area contributed by atoms with Crippen molar-refractivity contribution < 1.29 is 14.7 Å². The van der Waals surface area contributed by atoms with Gasteiger partial charge in [-0.25, -0.2) is 0 Å². The number of likely N-dealkylation sites (tertiary alicyclic amines) is 1. The topological polar surface area (TPSA) is 57.6 Å². The lowest BCUT2D eigenvalue weighted by molar-refractivity contribution is -0.146. The van der Waals surface area contributed by atoms with Crippen LogP contribution in [0.4, 0.5) is 0 Å². The van der Waals surface area contributed by atoms with E-state index >= 15 is 0 Å². The number of hydrogen-bond acceptors (Lipinski definition) is 2. The summed E-state index contributed by atoms with van der Waals surface area (Å²) in [4.78, 5) is 25.1. The number of nitrogens with zero attached hydrogens (tertiary/aromatic N) is 1. The van der Waals surface area contributed by atoms with Gasteiger partial charge in [0.25, 0.3) is 0 Å². The van der Waals surface area contributed by atoms with Crippen molar-refractivity contribution in [3.05, 3.63) is 35.9 Å². The summed E-state index contributed by atoms with van der Waals surface area (Å²) in [5, 5.41) is 9.06. The van der Waals surface area contributed by atoms with E-state index in [9.17, 15) is 9.59 Å². The molecule has 102 valence electrons. The van der Waals surface area contributed by atoms with Crippen LogP contribution in [0, 0.1) is 5.92 Å². The third kappa shape index (κ3) is 3.13. The molecule has 0 bridgehead atoms. The van der Waals surface area contributed by atoms with E-state index in [1.807, 2.05) is 37.3 Å². The lowest BCUT2D eigenvalue weighted by atomic mass is 9.94. The summed E-state index contributed by atoms with van der Waals surface area (Å²) >= 11 is 0. The molecule has 0 spiro atoms. The van der Waals surface area contributed by atoms with Crippen molar-refractivity contribution in [1.29, 1.82) is 0 Å². The van der Waals surface area contributed by atoms with Crippen molar-refractivity contribution >= 4 is 11.9 Å². The van der Waals surface area contributed by atoms with Crippen LogP contribution in [-0.4, -0.2) is 35.0 Å². The summed E-state index contributed by atoms with van der Waals surface area (Å²) in [6.45, 7) is 2.88. The Morgan fingerprint density at radius 2 is 2.00 bits per heavy atom. The van der Waals surface area contributed by atoms with Gasteiger partial charge in [0.2, 0.25) is 5.91 Å². The highest BCUT2D eigenvalue weighted by atomic mass is 16.4. The van der Waals surface area contributed by atoms with Crippen LogP contribution in [0.3, 0.4) is 0 Å². The second-order valence-corrected chi connectivity index (χ2v) is 5.09. The van der Waals surface area contributed by atoms with Crippen LogP contribution in [0.2, 0.25) is 0 Å². The number of piperidine rings is 1. The minimum Gasteiger partial charge on any atom is -0.481 e. The quantitative estimate of drug-likeness (QED) is 0.906. The van der Waals surface area contributed by atoms with Gasteiger partial charge in [0.15, 0.2) is 0 Å². The molecule has 4 nitrogen and oxygen atoms in total. The van der Waals surface area contributed by atoms with Gasteiger partial charge in [-0.15, -0.1) is 0 Å².